The van der Waals surface area contributed by atoms with Crippen molar-refractivity contribution in [2.24, 2.45) is 5.73 Å². The maximum atomic E-state index is 5.85. The van der Waals surface area contributed by atoms with E-state index in [2.05, 4.69) is 50.9 Å². The van der Waals surface area contributed by atoms with Crippen LogP contribution in [-0.2, 0) is 5.41 Å². The number of nitrogens with zero attached hydrogens (tertiary/aromatic N) is 2. The first-order valence-corrected chi connectivity index (χ1v) is 6.97. The van der Waals surface area contributed by atoms with Gasteiger partial charge >= 0.3 is 0 Å². The van der Waals surface area contributed by atoms with E-state index < -0.39 is 0 Å². The van der Waals surface area contributed by atoms with Crippen molar-refractivity contribution in [2.75, 3.05) is 6.54 Å². The summed E-state index contributed by atoms with van der Waals surface area (Å²) in [6, 6.07) is 8.47. The van der Waals surface area contributed by atoms with Gasteiger partial charge in [0, 0.05) is 23.2 Å². The highest BCUT2D eigenvalue weighted by molar-refractivity contribution is 5.64. The molecule has 0 amide bonds. The molecule has 1 aromatic heterocycles. The third-order valence-electron chi connectivity index (χ3n) is 3.63. The third kappa shape index (κ3) is 2.88. The van der Waals surface area contributed by atoms with Crippen LogP contribution in [0.3, 0.4) is 0 Å². The SMILES string of the molecule is Cc1ccc(-c2cc(C)nc(C(C)(C)CN)n2)c(C)c1. The molecule has 0 radical (unpaired) electrons. The van der Waals surface area contributed by atoms with Gasteiger partial charge in [-0.1, -0.05) is 37.6 Å². The fourth-order valence-corrected chi connectivity index (χ4v) is 2.20. The first kappa shape index (κ1) is 14.7. The van der Waals surface area contributed by atoms with Crippen LogP contribution in [0.4, 0.5) is 0 Å². The maximum Gasteiger partial charge on any atom is 0.136 e. The summed E-state index contributed by atoms with van der Waals surface area (Å²) < 4.78 is 0. The monoisotopic (exact) mass is 269 g/mol. The Labute approximate surface area is 121 Å². The molecule has 0 aliphatic heterocycles. The number of hydrogen-bond acceptors (Lipinski definition) is 3. The van der Waals surface area contributed by atoms with Crippen molar-refractivity contribution in [1.29, 1.82) is 0 Å². The Bertz CT molecular complexity index is 630. The van der Waals surface area contributed by atoms with Crippen LogP contribution < -0.4 is 5.73 Å². The summed E-state index contributed by atoms with van der Waals surface area (Å²) in [7, 11) is 0. The number of benzene rings is 1. The van der Waals surface area contributed by atoms with Crippen LogP contribution in [0.5, 0.6) is 0 Å². The standard InChI is InChI=1S/C17H23N3/c1-11-6-7-14(12(2)8-11)15-9-13(3)19-16(20-15)17(4,5)10-18/h6-9H,10,18H2,1-5H3. The van der Waals surface area contributed by atoms with Gasteiger partial charge in [-0.05, 0) is 32.4 Å². The van der Waals surface area contributed by atoms with Gasteiger partial charge < -0.3 is 5.73 Å². The summed E-state index contributed by atoms with van der Waals surface area (Å²) in [4.78, 5) is 9.30. The van der Waals surface area contributed by atoms with Gasteiger partial charge in [-0.3, -0.25) is 0 Å². The average Bonchev–Trinajstić information content (AvgIpc) is 2.38. The lowest BCUT2D eigenvalue weighted by Gasteiger charge is -2.21. The van der Waals surface area contributed by atoms with Crippen LogP contribution >= 0.6 is 0 Å². The summed E-state index contributed by atoms with van der Waals surface area (Å²) in [6.45, 7) is 10.9. The first-order valence-electron chi connectivity index (χ1n) is 6.97. The van der Waals surface area contributed by atoms with Gasteiger partial charge in [0.05, 0.1) is 5.69 Å². The zero-order valence-electron chi connectivity index (χ0n) is 13.0. The van der Waals surface area contributed by atoms with E-state index in [9.17, 15) is 0 Å². The summed E-state index contributed by atoms with van der Waals surface area (Å²) in [5.41, 5.74) is 11.3. The summed E-state index contributed by atoms with van der Waals surface area (Å²) >= 11 is 0. The quantitative estimate of drug-likeness (QED) is 0.930. The number of hydrogen-bond donors (Lipinski definition) is 1. The third-order valence-corrected chi connectivity index (χ3v) is 3.63. The number of aryl methyl sites for hydroxylation is 3. The maximum absolute atomic E-state index is 5.85. The van der Waals surface area contributed by atoms with E-state index in [1.54, 1.807) is 0 Å². The highest BCUT2D eigenvalue weighted by Gasteiger charge is 2.23. The second-order valence-corrected chi connectivity index (χ2v) is 6.12. The molecular formula is C17H23N3. The van der Waals surface area contributed by atoms with E-state index in [1.807, 2.05) is 13.0 Å². The van der Waals surface area contributed by atoms with E-state index in [1.165, 1.54) is 11.1 Å². The molecule has 0 aliphatic carbocycles. The Morgan fingerprint density at radius 1 is 1.05 bits per heavy atom. The molecule has 3 nitrogen and oxygen atoms in total. The topological polar surface area (TPSA) is 51.8 Å². The smallest absolute Gasteiger partial charge is 0.136 e. The molecule has 2 aromatic rings. The lowest BCUT2D eigenvalue weighted by molar-refractivity contribution is 0.501. The van der Waals surface area contributed by atoms with E-state index in [4.69, 9.17) is 10.7 Å². The molecular weight excluding hydrogens is 246 g/mol. The molecule has 3 heteroatoms. The van der Waals surface area contributed by atoms with Crippen molar-refractivity contribution in [3.05, 3.63) is 46.9 Å². The van der Waals surface area contributed by atoms with E-state index in [0.717, 1.165) is 22.8 Å². The van der Waals surface area contributed by atoms with Gasteiger partial charge in [-0.15, -0.1) is 0 Å². The van der Waals surface area contributed by atoms with Crippen molar-refractivity contribution in [2.45, 2.75) is 40.0 Å². The molecule has 0 saturated carbocycles. The lowest BCUT2D eigenvalue weighted by atomic mass is 9.92. The molecule has 0 unspecified atom stereocenters. The minimum absolute atomic E-state index is 0.209. The van der Waals surface area contributed by atoms with Crippen molar-refractivity contribution in [1.82, 2.24) is 9.97 Å². The molecule has 2 rings (SSSR count). The minimum Gasteiger partial charge on any atom is -0.329 e. The minimum atomic E-state index is -0.209. The summed E-state index contributed by atoms with van der Waals surface area (Å²) in [5, 5.41) is 0. The zero-order valence-corrected chi connectivity index (χ0v) is 13.0. The molecule has 2 N–H and O–H groups in total. The molecule has 1 aromatic carbocycles. The fraction of sp³-hybridized carbons (Fsp3) is 0.412. The highest BCUT2D eigenvalue weighted by atomic mass is 14.9. The first-order chi connectivity index (χ1) is 9.33. The molecule has 0 spiro atoms. The number of nitrogens with two attached hydrogens (primary N) is 1. The molecule has 0 atom stereocenters. The molecule has 0 aliphatic rings. The van der Waals surface area contributed by atoms with Crippen molar-refractivity contribution in [3.8, 4) is 11.3 Å². The Kier molecular flexibility index (Phi) is 3.91. The average molecular weight is 269 g/mol. The van der Waals surface area contributed by atoms with Gasteiger partial charge in [0.1, 0.15) is 5.82 Å². The zero-order chi connectivity index (χ0) is 14.9. The highest BCUT2D eigenvalue weighted by Crippen LogP contribution is 2.26. The van der Waals surface area contributed by atoms with Gasteiger partial charge in [-0.2, -0.15) is 0 Å². The van der Waals surface area contributed by atoms with Crippen LogP contribution in [0.1, 0.15) is 36.5 Å². The van der Waals surface area contributed by atoms with E-state index >= 15 is 0 Å². The Hall–Kier alpha value is -1.74. The van der Waals surface area contributed by atoms with Gasteiger partial charge in [-0.25, -0.2) is 9.97 Å². The predicted octanol–water partition coefficient (Wildman–Crippen LogP) is 3.31. The molecule has 0 fully saturated rings. The van der Waals surface area contributed by atoms with Gasteiger partial charge in [0.2, 0.25) is 0 Å². The molecule has 1 heterocycles. The second-order valence-electron chi connectivity index (χ2n) is 6.12. The summed E-state index contributed by atoms with van der Waals surface area (Å²) in [6.07, 6.45) is 0. The van der Waals surface area contributed by atoms with Crippen LogP contribution in [0, 0.1) is 20.8 Å². The molecule has 0 bridgehead atoms. The molecule has 0 saturated heterocycles. The Morgan fingerprint density at radius 2 is 1.75 bits per heavy atom. The van der Waals surface area contributed by atoms with Crippen LogP contribution in [0.15, 0.2) is 24.3 Å². The van der Waals surface area contributed by atoms with E-state index in [0.29, 0.717) is 6.54 Å². The Morgan fingerprint density at radius 3 is 2.35 bits per heavy atom. The van der Waals surface area contributed by atoms with Crippen LogP contribution in [-0.4, -0.2) is 16.5 Å². The largest absolute Gasteiger partial charge is 0.329 e. The van der Waals surface area contributed by atoms with Crippen molar-refractivity contribution < 1.29 is 0 Å². The predicted molar refractivity (Wildman–Crippen MR) is 83.8 cm³/mol. The van der Waals surface area contributed by atoms with Gasteiger partial charge in [0.15, 0.2) is 0 Å². The molecule has 106 valence electrons. The number of aromatic nitrogens is 2. The fourth-order valence-electron chi connectivity index (χ4n) is 2.20. The normalized spacial score (nSPS) is 11.7. The van der Waals surface area contributed by atoms with Crippen molar-refractivity contribution >= 4 is 0 Å². The van der Waals surface area contributed by atoms with Gasteiger partial charge in [0.25, 0.3) is 0 Å². The lowest BCUT2D eigenvalue weighted by Crippen LogP contribution is -2.30. The Balaban J connectivity index is 2.58. The number of rotatable bonds is 3. The van der Waals surface area contributed by atoms with Crippen LogP contribution in [0.25, 0.3) is 11.3 Å². The van der Waals surface area contributed by atoms with Crippen molar-refractivity contribution in [3.63, 3.8) is 0 Å². The summed E-state index contributed by atoms with van der Waals surface area (Å²) in [5.74, 6) is 0.815. The molecule has 20 heavy (non-hydrogen) atoms. The second kappa shape index (κ2) is 5.33. The van der Waals surface area contributed by atoms with Crippen LogP contribution in [0.2, 0.25) is 0 Å². The van der Waals surface area contributed by atoms with E-state index in [-0.39, 0.29) is 5.41 Å².